The first-order valence-electron chi connectivity index (χ1n) is 9.92. The molecule has 1 aromatic rings. The van der Waals surface area contributed by atoms with E-state index < -0.39 is 18.0 Å². The van der Waals surface area contributed by atoms with Gasteiger partial charge in [0.1, 0.15) is 11.9 Å². The van der Waals surface area contributed by atoms with E-state index in [0.717, 1.165) is 18.4 Å². The van der Waals surface area contributed by atoms with Gasteiger partial charge in [-0.15, -0.1) is 0 Å². The Bertz CT molecular complexity index is 881. The number of rotatable bonds is 5. The minimum absolute atomic E-state index is 0.190. The Morgan fingerprint density at radius 1 is 1.31 bits per heavy atom. The fourth-order valence-electron chi connectivity index (χ4n) is 3.73. The maximum atomic E-state index is 14.8. The highest BCUT2D eigenvalue weighted by Crippen LogP contribution is 2.33. The third-order valence-electron chi connectivity index (χ3n) is 5.51. The first-order chi connectivity index (χ1) is 13.9. The van der Waals surface area contributed by atoms with Crippen LogP contribution in [0.5, 0.6) is 0 Å². The summed E-state index contributed by atoms with van der Waals surface area (Å²) in [6.45, 7) is 2.98. The van der Waals surface area contributed by atoms with Crippen molar-refractivity contribution in [2.24, 2.45) is 5.92 Å². The number of cyclic esters (lactones) is 1. The summed E-state index contributed by atoms with van der Waals surface area (Å²) in [7, 11) is 0. The Morgan fingerprint density at radius 3 is 2.72 bits per heavy atom. The van der Waals surface area contributed by atoms with Crippen LogP contribution in [0.15, 0.2) is 24.3 Å². The lowest BCUT2D eigenvalue weighted by molar-refractivity contribution is -0.132. The molecule has 3 aliphatic rings. The molecule has 1 saturated heterocycles. The average molecular weight is 401 g/mol. The molecule has 1 aliphatic carbocycles. The number of hydrogen-bond donors (Lipinski definition) is 1. The van der Waals surface area contributed by atoms with Gasteiger partial charge in [0.2, 0.25) is 11.8 Å². The van der Waals surface area contributed by atoms with Gasteiger partial charge in [0.25, 0.3) is 0 Å². The second-order valence-corrected chi connectivity index (χ2v) is 7.76. The number of ether oxygens (including phenoxy) is 1. The fourth-order valence-corrected chi connectivity index (χ4v) is 3.73. The predicted octanol–water partition coefficient (Wildman–Crippen LogP) is 2.31. The lowest BCUT2D eigenvalue weighted by Crippen LogP contribution is -2.35. The molecule has 2 fully saturated rings. The summed E-state index contributed by atoms with van der Waals surface area (Å²) in [5, 5.41) is 2.61. The Labute approximate surface area is 168 Å². The van der Waals surface area contributed by atoms with Crippen LogP contribution >= 0.6 is 0 Å². The summed E-state index contributed by atoms with van der Waals surface area (Å²) in [5.41, 5.74) is 1.79. The molecule has 0 spiro atoms. The van der Waals surface area contributed by atoms with Gasteiger partial charge in [-0.3, -0.25) is 14.5 Å². The molecular weight excluding hydrogens is 377 g/mol. The maximum absolute atomic E-state index is 14.8. The minimum atomic E-state index is -0.557. The van der Waals surface area contributed by atoms with Crippen LogP contribution in [-0.4, -0.2) is 55.1 Å². The van der Waals surface area contributed by atoms with E-state index in [1.165, 1.54) is 17.9 Å². The molecule has 1 saturated carbocycles. The van der Waals surface area contributed by atoms with Crippen LogP contribution in [0.25, 0.3) is 5.57 Å². The van der Waals surface area contributed by atoms with Crippen molar-refractivity contribution in [2.75, 3.05) is 31.1 Å². The fraction of sp³-hybridized carbons (Fsp3) is 0.476. The zero-order chi connectivity index (χ0) is 20.5. The smallest absolute Gasteiger partial charge is 0.414 e. The Kier molecular flexibility index (Phi) is 5.25. The normalized spacial score (nSPS) is 21.7. The van der Waals surface area contributed by atoms with Crippen LogP contribution in [0.2, 0.25) is 0 Å². The highest BCUT2D eigenvalue weighted by Gasteiger charge is 2.34. The first-order valence-corrected chi connectivity index (χ1v) is 9.92. The first kappa shape index (κ1) is 19.4. The third-order valence-corrected chi connectivity index (χ3v) is 5.51. The number of halogens is 1. The van der Waals surface area contributed by atoms with Crippen LogP contribution < -0.4 is 10.2 Å². The van der Waals surface area contributed by atoms with Crippen LogP contribution in [-0.2, 0) is 14.3 Å². The standard InChI is InChI=1S/C21H24FN3O4/c1-13(26)23-11-17-12-25(21(28)29-17)16-4-5-18(19(22)10-16)14-6-8-24(9-7-14)20(27)15-2-3-15/h4-6,10,15,17H,2-3,7-9,11-12H2,1H3,(H,23,26)/t17-/m0/s1. The summed E-state index contributed by atoms with van der Waals surface area (Å²) in [5.74, 6) is -0.213. The van der Waals surface area contributed by atoms with Crippen molar-refractivity contribution in [1.29, 1.82) is 0 Å². The maximum Gasteiger partial charge on any atom is 0.414 e. The molecule has 2 heterocycles. The lowest BCUT2D eigenvalue weighted by atomic mass is 9.98. The number of nitrogens with zero attached hydrogens (tertiary/aromatic N) is 2. The van der Waals surface area contributed by atoms with Crippen molar-refractivity contribution in [3.8, 4) is 0 Å². The molecule has 0 radical (unpaired) electrons. The molecule has 29 heavy (non-hydrogen) atoms. The van der Waals surface area contributed by atoms with Crippen molar-refractivity contribution in [2.45, 2.75) is 32.3 Å². The van der Waals surface area contributed by atoms with Gasteiger partial charge in [0, 0.05) is 31.5 Å². The molecule has 154 valence electrons. The molecule has 4 rings (SSSR count). The van der Waals surface area contributed by atoms with E-state index in [0.29, 0.717) is 30.8 Å². The Morgan fingerprint density at radius 2 is 2.10 bits per heavy atom. The molecule has 0 bridgehead atoms. The highest BCUT2D eigenvalue weighted by atomic mass is 19.1. The zero-order valence-electron chi connectivity index (χ0n) is 16.3. The van der Waals surface area contributed by atoms with Crippen molar-refractivity contribution in [3.05, 3.63) is 35.7 Å². The van der Waals surface area contributed by atoms with Gasteiger partial charge in [-0.1, -0.05) is 6.08 Å². The summed E-state index contributed by atoms with van der Waals surface area (Å²) in [6.07, 6.45) is 3.46. The Hall–Kier alpha value is -2.90. The van der Waals surface area contributed by atoms with E-state index in [1.54, 1.807) is 12.1 Å². The number of amides is 3. The van der Waals surface area contributed by atoms with Crippen molar-refractivity contribution >= 4 is 29.2 Å². The summed E-state index contributed by atoms with van der Waals surface area (Å²) < 4.78 is 20.0. The number of anilines is 1. The molecule has 1 atom stereocenters. The molecule has 0 aromatic heterocycles. The molecule has 2 aliphatic heterocycles. The van der Waals surface area contributed by atoms with Gasteiger partial charge < -0.3 is 15.0 Å². The lowest BCUT2D eigenvalue weighted by Gasteiger charge is -2.27. The van der Waals surface area contributed by atoms with E-state index in [9.17, 15) is 18.8 Å². The molecule has 1 aromatic carbocycles. The summed E-state index contributed by atoms with van der Waals surface area (Å²) in [6, 6.07) is 4.70. The van der Waals surface area contributed by atoms with Crippen LogP contribution in [0.1, 0.15) is 31.7 Å². The SMILES string of the molecule is CC(=O)NC[C@H]1CN(c2ccc(C3=CCN(C(=O)C4CC4)CC3)c(F)c2)C(=O)O1. The minimum Gasteiger partial charge on any atom is -0.442 e. The zero-order valence-corrected chi connectivity index (χ0v) is 16.3. The largest absolute Gasteiger partial charge is 0.442 e. The number of nitrogens with one attached hydrogen (secondary N) is 1. The van der Waals surface area contributed by atoms with E-state index in [4.69, 9.17) is 4.74 Å². The van der Waals surface area contributed by atoms with Crippen molar-refractivity contribution in [1.82, 2.24) is 10.2 Å². The van der Waals surface area contributed by atoms with Gasteiger partial charge in [-0.05, 0) is 43.0 Å². The predicted molar refractivity (Wildman–Crippen MR) is 105 cm³/mol. The average Bonchev–Trinajstić information content (AvgIpc) is 3.48. The second kappa shape index (κ2) is 7.85. The van der Waals surface area contributed by atoms with Gasteiger partial charge in [-0.2, -0.15) is 0 Å². The second-order valence-electron chi connectivity index (χ2n) is 7.76. The van der Waals surface area contributed by atoms with E-state index in [2.05, 4.69) is 5.32 Å². The molecule has 7 nitrogen and oxygen atoms in total. The number of benzene rings is 1. The number of carbonyl (C=O) groups is 3. The summed E-state index contributed by atoms with van der Waals surface area (Å²) >= 11 is 0. The summed E-state index contributed by atoms with van der Waals surface area (Å²) in [4.78, 5) is 38.5. The topological polar surface area (TPSA) is 79.0 Å². The molecule has 8 heteroatoms. The highest BCUT2D eigenvalue weighted by molar-refractivity contribution is 5.90. The monoisotopic (exact) mass is 401 g/mol. The van der Waals surface area contributed by atoms with E-state index in [-0.39, 0.29) is 30.8 Å². The van der Waals surface area contributed by atoms with Crippen LogP contribution in [0.4, 0.5) is 14.9 Å². The number of carbonyl (C=O) groups excluding carboxylic acids is 3. The molecular formula is C21H24FN3O4. The van der Waals surface area contributed by atoms with Crippen LogP contribution in [0.3, 0.4) is 0 Å². The third kappa shape index (κ3) is 4.26. The van der Waals surface area contributed by atoms with Crippen molar-refractivity contribution < 1.29 is 23.5 Å². The molecule has 0 unspecified atom stereocenters. The molecule has 3 amide bonds. The van der Waals surface area contributed by atoms with E-state index >= 15 is 0 Å². The van der Waals surface area contributed by atoms with Gasteiger partial charge in [0.05, 0.1) is 18.8 Å². The molecule has 1 N–H and O–H groups in total. The van der Waals surface area contributed by atoms with Crippen LogP contribution in [0, 0.1) is 11.7 Å². The van der Waals surface area contributed by atoms with E-state index in [1.807, 2.05) is 11.0 Å². The van der Waals surface area contributed by atoms with Gasteiger partial charge in [-0.25, -0.2) is 9.18 Å². The van der Waals surface area contributed by atoms with Gasteiger partial charge in [0.15, 0.2) is 0 Å². The number of hydrogen-bond acceptors (Lipinski definition) is 4. The van der Waals surface area contributed by atoms with Gasteiger partial charge >= 0.3 is 6.09 Å². The Balaban J connectivity index is 1.42. The quantitative estimate of drug-likeness (QED) is 0.821. The van der Waals surface area contributed by atoms with Crippen molar-refractivity contribution in [3.63, 3.8) is 0 Å².